The molecule has 4 nitrogen and oxygen atoms in total. The molecule has 0 radical (unpaired) electrons. The van der Waals surface area contributed by atoms with Crippen LogP contribution in [0, 0.1) is 0 Å². The third kappa shape index (κ3) is 5.26. The van der Waals surface area contributed by atoms with Gasteiger partial charge in [0.05, 0.1) is 16.4 Å². The zero-order chi connectivity index (χ0) is 22.5. The zero-order valence-electron chi connectivity index (χ0n) is 18.2. The molecule has 1 heterocycles. The first-order valence-electron chi connectivity index (χ1n) is 10.4. The van der Waals surface area contributed by atoms with Crippen LogP contribution in [0.15, 0.2) is 97.7 Å². The van der Waals surface area contributed by atoms with Crippen molar-refractivity contribution in [1.29, 1.82) is 0 Å². The van der Waals surface area contributed by atoms with Crippen molar-refractivity contribution in [3.05, 3.63) is 89.0 Å². The normalized spacial score (nSPS) is 14.5. The van der Waals surface area contributed by atoms with Crippen LogP contribution in [-0.2, 0) is 9.63 Å². The Balaban J connectivity index is 1.43. The van der Waals surface area contributed by atoms with Crippen molar-refractivity contribution < 1.29 is 9.63 Å². The van der Waals surface area contributed by atoms with Crippen LogP contribution >= 0.6 is 23.5 Å². The van der Waals surface area contributed by atoms with E-state index in [9.17, 15) is 4.79 Å². The highest BCUT2D eigenvalue weighted by atomic mass is 32.2. The van der Waals surface area contributed by atoms with Crippen LogP contribution in [0.4, 0.5) is 5.69 Å². The Hall–Kier alpha value is -2.96. The van der Waals surface area contributed by atoms with Crippen LogP contribution in [0.25, 0.3) is 6.08 Å². The number of oxime groups is 1. The summed E-state index contributed by atoms with van der Waals surface area (Å²) in [5.41, 5.74) is 4.07. The van der Waals surface area contributed by atoms with E-state index in [4.69, 9.17) is 4.84 Å². The second-order valence-corrected chi connectivity index (χ2v) is 9.46. The molecule has 3 aromatic carbocycles. The van der Waals surface area contributed by atoms with E-state index < -0.39 is 5.97 Å². The number of hydrogen-bond donors (Lipinski definition) is 0. The molecule has 1 aliphatic rings. The van der Waals surface area contributed by atoms with Gasteiger partial charge in [-0.3, -0.25) is 0 Å². The topological polar surface area (TPSA) is 41.9 Å². The van der Waals surface area contributed by atoms with E-state index in [2.05, 4.69) is 71.6 Å². The molecule has 0 bridgehead atoms. The third-order valence-corrected chi connectivity index (χ3v) is 7.07. The van der Waals surface area contributed by atoms with Gasteiger partial charge < -0.3 is 9.74 Å². The summed E-state index contributed by atoms with van der Waals surface area (Å²) < 4.78 is 0. The third-order valence-electron chi connectivity index (χ3n) is 4.94. The summed E-state index contributed by atoms with van der Waals surface area (Å²) >= 11 is 3.53. The van der Waals surface area contributed by atoms with E-state index in [1.165, 1.54) is 33.0 Å². The molecule has 0 saturated carbocycles. The molecule has 6 heteroatoms. The number of fused-ring (bicyclic) bond motifs is 1. The van der Waals surface area contributed by atoms with Gasteiger partial charge in [0.1, 0.15) is 0 Å². The second kappa shape index (κ2) is 10.1. The number of carbonyl (C=O) groups is 1. The van der Waals surface area contributed by atoms with E-state index in [1.54, 1.807) is 11.8 Å². The lowest BCUT2D eigenvalue weighted by Crippen LogP contribution is -2.16. The number of rotatable bonds is 6. The van der Waals surface area contributed by atoms with Gasteiger partial charge in [0.15, 0.2) is 0 Å². The summed E-state index contributed by atoms with van der Waals surface area (Å²) in [6, 6.07) is 25.3. The van der Waals surface area contributed by atoms with Crippen molar-refractivity contribution in [2.75, 3.05) is 11.4 Å². The molecule has 0 atom stereocenters. The maximum atomic E-state index is 10.9. The second-order valence-electron chi connectivity index (χ2n) is 7.25. The van der Waals surface area contributed by atoms with Crippen molar-refractivity contribution in [3.63, 3.8) is 0 Å². The Kier molecular flexibility index (Phi) is 7.02. The standard InChI is InChI=1S/C26H24N2O2S2/c1-4-28-24-7-5-6-8-25(24)32-26(28)17-20-9-13-22(14-10-20)31-23-15-11-21(12-16-23)18(2)27-30-19(3)29/h5-17H,4H2,1-3H3/b26-17-,27-18+. The van der Waals surface area contributed by atoms with Gasteiger partial charge in [-0.1, -0.05) is 65.1 Å². The maximum absolute atomic E-state index is 10.9. The van der Waals surface area contributed by atoms with Crippen LogP contribution in [0.2, 0.25) is 0 Å². The number of benzene rings is 3. The molecule has 162 valence electrons. The maximum Gasteiger partial charge on any atom is 0.331 e. The van der Waals surface area contributed by atoms with Crippen LogP contribution in [0.3, 0.4) is 0 Å². The Labute approximate surface area is 197 Å². The first-order valence-corrected chi connectivity index (χ1v) is 12.0. The van der Waals surface area contributed by atoms with Gasteiger partial charge in [-0.05, 0) is 67.4 Å². The first kappa shape index (κ1) is 22.2. The highest BCUT2D eigenvalue weighted by molar-refractivity contribution is 8.03. The molecule has 0 aromatic heterocycles. The van der Waals surface area contributed by atoms with E-state index in [-0.39, 0.29) is 0 Å². The molecular weight excluding hydrogens is 436 g/mol. The SMILES string of the molecule is CCN1/C(=C/c2ccc(Sc3ccc(/C(C)=N/OC(C)=O)cc3)cc2)Sc2ccccc21. The fourth-order valence-electron chi connectivity index (χ4n) is 3.35. The van der Waals surface area contributed by atoms with Crippen LogP contribution in [0.5, 0.6) is 0 Å². The zero-order valence-corrected chi connectivity index (χ0v) is 19.9. The number of para-hydroxylation sites is 1. The van der Waals surface area contributed by atoms with Gasteiger partial charge in [0.2, 0.25) is 0 Å². The summed E-state index contributed by atoms with van der Waals surface area (Å²) in [6.45, 7) is 6.29. The Morgan fingerprint density at radius 2 is 1.66 bits per heavy atom. The Bertz CT molecular complexity index is 1170. The molecule has 0 unspecified atom stereocenters. The molecule has 32 heavy (non-hydrogen) atoms. The van der Waals surface area contributed by atoms with Gasteiger partial charge in [0, 0.05) is 28.2 Å². The van der Waals surface area contributed by atoms with Crippen molar-refractivity contribution in [1.82, 2.24) is 0 Å². The van der Waals surface area contributed by atoms with Gasteiger partial charge in [-0.15, -0.1) is 0 Å². The fraction of sp³-hybridized carbons (Fsp3) is 0.154. The molecule has 4 rings (SSSR count). The van der Waals surface area contributed by atoms with E-state index >= 15 is 0 Å². The molecule has 0 spiro atoms. The monoisotopic (exact) mass is 460 g/mol. The van der Waals surface area contributed by atoms with Gasteiger partial charge >= 0.3 is 5.97 Å². The molecular formula is C26H24N2O2S2. The van der Waals surface area contributed by atoms with Gasteiger partial charge in [-0.2, -0.15) is 0 Å². The molecule has 0 fully saturated rings. The predicted molar refractivity (Wildman–Crippen MR) is 134 cm³/mol. The minimum atomic E-state index is -0.422. The lowest BCUT2D eigenvalue weighted by atomic mass is 10.1. The minimum absolute atomic E-state index is 0.422. The van der Waals surface area contributed by atoms with Crippen molar-refractivity contribution in [2.45, 2.75) is 35.5 Å². The van der Waals surface area contributed by atoms with Crippen LogP contribution in [0.1, 0.15) is 31.9 Å². The molecule has 0 N–H and O–H groups in total. The summed E-state index contributed by atoms with van der Waals surface area (Å²) in [6.07, 6.45) is 2.25. The predicted octanol–water partition coefficient (Wildman–Crippen LogP) is 7.06. The van der Waals surface area contributed by atoms with E-state index in [0.29, 0.717) is 5.71 Å². The van der Waals surface area contributed by atoms with E-state index in [0.717, 1.165) is 17.0 Å². The molecule has 0 aliphatic carbocycles. The number of hydrogen-bond acceptors (Lipinski definition) is 6. The number of thioether (sulfide) groups is 1. The minimum Gasteiger partial charge on any atom is -0.335 e. The van der Waals surface area contributed by atoms with Gasteiger partial charge in [-0.25, -0.2) is 4.79 Å². The molecule has 1 aliphatic heterocycles. The first-order chi connectivity index (χ1) is 15.5. The number of anilines is 1. The lowest BCUT2D eigenvalue weighted by molar-refractivity contribution is -0.140. The molecule has 0 amide bonds. The fourth-order valence-corrected chi connectivity index (χ4v) is 5.35. The molecule has 0 saturated heterocycles. The van der Waals surface area contributed by atoms with Crippen molar-refractivity contribution in [3.8, 4) is 0 Å². The lowest BCUT2D eigenvalue weighted by Gasteiger charge is -2.18. The summed E-state index contributed by atoms with van der Waals surface area (Å²) in [7, 11) is 0. The van der Waals surface area contributed by atoms with Crippen LogP contribution in [-0.4, -0.2) is 18.2 Å². The Morgan fingerprint density at radius 1 is 1.00 bits per heavy atom. The van der Waals surface area contributed by atoms with Crippen molar-refractivity contribution in [2.24, 2.45) is 5.16 Å². The quantitative estimate of drug-likeness (QED) is 0.224. The average Bonchev–Trinajstić information content (AvgIpc) is 3.16. The van der Waals surface area contributed by atoms with E-state index in [1.807, 2.05) is 43.0 Å². The average molecular weight is 461 g/mol. The summed E-state index contributed by atoms with van der Waals surface area (Å²) in [5.74, 6) is -0.422. The molecule has 3 aromatic rings. The summed E-state index contributed by atoms with van der Waals surface area (Å²) in [4.78, 5) is 21.6. The highest BCUT2D eigenvalue weighted by Crippen LogP contribution is 2.46. The number of nitrogens with zero attached hydrogens (tertiary/aromatic N) is 2. The highest BCUT2D eigenvalue weighted by Gasteiger charge is 2.23. The smallest absolute Gasteiger partial charge is 0.331 e. The van der Waals surface area contributed by atoms with Crippen LogP contribution < -0.4 is 4.90 Å². The number of carbonyl (C=O) groups excluding carboxylic acids is 1. The Morgan fingerprint density at radius 3 is 2.31 bits per heavy atom. The van der Waals surface area contributed by atoms with Gasteiger partial charge in [0.25, 0.3) is 0 Å². The summed E-state index contributed by atoms with van der Waals surface area (Å²) in [5, 5.41) is 5.09. The largest absolute Gasteiger partial charge is 0.335 e. The van der Waals surface area contributed by atoms with Crippen molar-refractivity contribution >= 4 is 47.0 Å².